The molecule has 1 aromatic carbocycles. The number of nitrogens with one attached hydrogen (secondary N) is 1. The molecular weight excluding hydrogens is 499 g/mol. The Morgan fingerprint density at radius 2 is 1.97 bits per heavy atom. The molecule has 2 aliphatic heterocycles. The van der Waals surface area contributed by atoms with Gasteiger partial charge in [-0.25, -0.2) is 8.78 Å². The average molecular weight is 520 g/mol. The van der Waals surface area contributed by atoms with E-state index in [1.807, 2.05) is 0 Å². The summed E-state index contributed by atoms with van der Waals surface area (Å²) in [5.74, 6) is -4.20. The first-order valence-corrected chi connectivity index (χ1v) is 11.3. The molecule has 7 nitrogen and oxygen atoms in total. The molecule has 37 heavy (non-hydrogen) atoms. The molecule has 5 rings (SSSR count). The molecule has 3 aromatic rings. The number of hydrogen-bond donors (Lipinski definition) is 2. The van der Waals surface area contributed by atoms with Gasteiger partial charge in [0.1, 0.15) is 11.7 Å². The molecular formula is C25H21F5N4O3. The molecule has 0 bridgehead atoms. The van der Waals surface area contributed by atoms with Crippen LogP contribution in [-0.4, -0.2) is 52.7 Å². The van der Waals surface area contributed by atoms with E-state index in [9.17, 15) is 31.9 Å². The lowest BCUT2D eigenvalue weighted by Gasteiger charge is -2.47. The summed E-state index contributed by atoms with van der Waals surface area (Å²) in [6.07, 6.45) is -4.50. The smallest absolute Gasteiger partial charge is 0.380 e. The van der Waals surface area contributed by atoms with Gasteiger partial charge in [-0.05, 0) is 48.4 Å². The minimum Gasteiger partial charge on any atom is -0.380 e. The van der Waals surface area contributed by atoms with Crippen molar-refractivity contribution in [2.45, 2.75) is 31.2 Å². The van der Waals surface area contributed by atoms with Crippen LogP contribution in [0.25, 0.3) is 11.1 Å². The monoisotopic (exact) mass is 520 g/mol. The van der Waals surface area contributed by atoms with Crippen LogP contribution in [0.15, 0.2) is 48.8 Å². The fourth-order valence-corrected chi connectivity index (χ4v) is 4.57. The molecule has 1 fully saturated rings. The van der Waals surface area contributed by atoms with E-state index in [0.29, 0.717) is 28.6 Å². The van der Waals surface area contributed by atoms with Crippen LogP contribution in [0.3, 0.4) is 0 Å². The summed E-state index contributed by atoms with van der Waals surface area (Å²) >= 11 is 0. The highest BCUT2D eigenvalue weighted by atomic mass is 19.4. The third-order valence-corrected chi connectivity index (χ3v) is 6.52. The van der Waals surface area contributed by atoms with Gasteiger partial charge in [0.15, 0.2) is 6.10 Å². The number of halogens is 5. The molecule has 2 atom stereocenters. The number of rotatable bonds is 3. The summed E-state index contributed by atoms with van der Waals surface area (Å²) in [6.45, 7) is 2.02. The number of alkyl halides is 5. The number of benzene rings is 1. The van der Waals surface area contributed by atoms with Crippen molar-refractivity contribution in [3.8, 4) is 11.1 Å². The average Bonchev–Trinajstić information content (AvgIpc) is 2.88. The first-order valence-electron chi connectivity index (χ1n) is 11.3. The van der Waals surface area contributed by atoms with Crippen molar-refractivity contribution >= 4 is 17.3 Å². The third-order valence-electron chi connectivity index (χ3n) is 6.52. The van der Waals surface area contributed by atoms with Crippen LogP contribution >= 0.6 is 0 Å². The predicted molar refractivity (Wildman–Crippen MR) is 123 cm³/mol. The van der Waals surface area contributed by atoms with Crippen LogP contribution in [0.5, 0.6) is 0 Å². The molecule has 1 saturated heterocycles. The van der Waals surface area contributed by atoms with Gasteiger partial charge in [-0.15, -0.1) is 0 Å². The van der Waals surface area contributed by atoms with E-state index in [-0.39, 0.29) is 31.0 Å². The zero-order valence-corrected chi connectivity index (χ0v) is 19.4. The van der Waals surface area contributed by atoms with Crippen LogP contribution in [0.2, 0.25) is 0 Å². The van der Waals surface area contributed by atoms with E-state index >= 15 is 0 Å². The van der Waals surface area contributed by atoms with E-state index < -0.39 is 35.8 Å². The van der Waals surface area contributed by atoms with Gasteiger partial charge in [-0.2, -0.15) is 13.2 Å². The normalized spacial score (nSPS) is 20.7. The zero-order chi connectivity index (χ0) is 26.5. The van der Waals surface area contributed by atoms with Crippen molar-refractivity contribution in [1.29, 1.82) is 0 Å². The SMILES string of the molecule is Cc1ccc(NC(=O)c2ccnc(C(F)(F)F)c2)cc1-c1cnc2c(c1)N1CCOC[C@H]1C(F)(F)C2O. The number of pyridine rings is 2. The fraction of sp³-hybridized carbons (Fsp3) is 0.320. The molecule has 0 saturated carbocycles. The Bertz CT molecular complexity index is 1360. The summed E-state index contributed by atoms with van der Waals surface area (Å²) in [5.41, 5.74) is 1.11. The van der Waals surface area contributed by atoms with Crippen molar-refractivity contribution in [2.75, 3.05) is 30.0 Å². The van der Waals surface area contributed by atoms with Crippen LogP contribution in [-0.2, 0) is 10.9 Å². The molecule has 12 heteroatoms. The van der Waals surface area contributed by atoms with Crippen LogP contribution < -0.4 is 10.2 Å². The largest absolute Gasteiger partial charge is 0.433 e. The highest BCUT2D eigenvalue weighted by Gasteiger charge is 2.56. The van der Waals surface area contributed by atoms with Gasteiger partial charge in [0.2, 0.25) is 0 Å². The van der Waals surface area contributed by atoms with Gasteiger partial charge < -0.3 is 20.1 Å². The molecule has 194 valence electrons. The second kappa shape index (κ2) is 9.03. The number of anilines is 2. The van der Waals surface area contributed by atoms with Crippen LogP contribution in [0.1, 0.15) is 33.4 Å². The van der Waals surface area contributed by atoms with Crippen LogP contribution in [0.4, 0.5) is 33.3 Å². The number of aromatic nitrogens is 2. The molecule has 2 aliphatic rings. The number of amides is 1. The summed E-state index contributed by atoms with van der Waals surface area (Å²) in [6, 6.07) is 7.08. The number of nitrogens with zero attached hydrogens (tertiary/aromatic N) is 3. The predicted octanol–water partition coefficient (Wildman–Crippen LogP) is 4.61. The first kappa shape index (κ1) is 25.0. The quantitative estimate of drug-likeness (QED) is 0.491. The number of carbonyl (C=O) groups is 1. The molecule has 0 radical (unpaired) electrons. The van der Waals surface area contributed by atoms with Gasteiger partial charge in [-0.1, -0.05) is 6.07 Å². The van der Waals surface area contributed by atoms with E-state index in [1.165, 1.54) is 17.2 Å². The molecule has 0 aliphatic carbocycles. The number of aryl methyl sites for hydroxylation is 1. The van der Waals surface area contributed by atoms with Gasteiger partial charge in [0, 0.05) is 35.8 Å². The molecule has 4 heterocycles. The van der Waals surface area contributed by atoms with Gasteiger partial charge in [-0.3, -0.25) is 14.8 Å². The van der Waals surface area contributed by atoms with Crippen molar-refractivity contribution in [3.63, 3.8) is 0 Å². The number of aliphatic hydroxyl groups is 1. The number of carbonyl (C=O) groups excluding carboxylic acids is 1. The second-order valence-electron chi connectivity index (χ2n) is 8.90. The molecule has 2 N–H and O–H groups in total. The minimum atomic E-state index is -4.69. The Labute approximate surface area is 207 Å². The number of aliphatic hydroxyl groups excluding tert-OH is 1. The lowest BCUT2D eigenvalue weighted by Crippen LogP contribution is -2.60. The standard InChI is InChI=1S/C25H21F5N4O3/c1-13-2-3-16(33-23(36)14-4-5-31-19(9-14)25(28,29)30)10-17(13)15-8-18-21(32-11-15)22(35)24(26,27)20-12-37-7-6-34(18)20/h2-5,8-11,20,22,35H,6-7,12H2,1H3,(H,33,36)/t20-,22?/m0/s1. The van der Waals surface area contributed by atoms with Gasteiger partial charge in [0.05, 0.1) is 24.6 Å². The van der Waals surface area contributed by atoms with Gasteiger partial charge in [0.25, 0.3) is 5.91 Å². The topological polar surface area (TPSA) is 87.6 Å². The maximum Gasteiger partial charge on any atom is 0.433 e. The Hall–Kier alpha value is -3.64. The first-order chi connectivity index (χ1) is 17.5. The lowest BCUT2D eigenvalue weighted by atomic mass is 9.91. The summed E-state index contributed by atoms with van der Waals surface area (Å²) in [4.78, 5) is 21.5. The Balaban J connectivity index is 1.47. The molecule has 0 spiro atoms. The minimum absolute atomic E-state index is 0.132. The van der Waals surface area contributed by atoms with Gasteiger partial charge >= 0.3 is 12.1 Å². The number of morpholine rings is 1. The Kier molecular flexibility index (Phi) is 6.11. The van der Waals surface area contributed by atoms with E-state index in [0.717, 1.165) is 11.8 Å². The highest BCUT2D eigenvalue weighted by molar-refractivity contribution is 6.04. The maximum atomic E-state index is 14.8. The van der Waals surface area contributed by atoms with Crippen LogP contribution in [0, 0.1) is 6.92 Å². The maximum absolute atomic E-state index is 14.8. The summed E-state index contributed by atoms with van der Waals surface area (Å²) in [7, 11) is 0. The number of fused-ring (bicyclic) bond motifs is 3. The van der Waals surface area contributed by atoms with E-state index in [1.54, 1.807) is 31.2 Å². The number of hydrogen-bond acceptors (Lipinski definition) is 6. The van der Waals surface area contributed by atoms with E-state index in [2.05, 4.69) is 15.3 Å². The van der Waals surface area contributed by atoms with Crippen molar-refractivity contribution in [3.05, 3.63) is 71.3 Å². The van der Waals surface area contributed by atoms with Crippen molar-refractivity contribution < 1.29 is 36.6 Å². The molecule has 2 aromatic heterocycles. The van der Waals surface area contributed by atoms with E-state index in [4.69, 9.17) is 4.74 Å². The summed E-state index contributed by atoms with van der Waals surface area (Å²) < 4.78 is 73.7. The molecule has 1 amide bonds. The molecule has 1 unspecified atom stereocenters. The lowest BCUT2D eigenvalue weighted by molar-refractivity contribution is -0.153. The fourth-order valence-electron chi connectivity index (χ4n) is 4.57. The third kappa shape index (κ3) is 4.51. The highest BCUT2D eigenvalue weighted by Crippen LogP contribution is 2.47. The number of ether oxygens (including phenoxy) is 1. The van der Waals surface area contributed by atoms with Crippen molar-refractivity contribution in [1.82, 2.24) is 9.97 Å². The summed E-state index contributed by atoms with van der Waals surface area (Å²) in [5, 5.41) is 12.9. The van der Waals surface area contributed by atoms with Crippen molar-refractivity contribution in [2.24, 2.45) is 0 Å². The zero-order valence-electron chi connectivity index (χ0n) is 19.4. The second-order valence-corrected chi connectivity index (χ2v) is 8.90. The Morgan fingerprint density at radius 1 is 1.19 bits per heavy atom. The Morgan fingerprint density at radius 3 is 2.73 bits per heavy atom.